The summed E-state index contributed by atoms with van der Waals surface area (Å²) in [6.07, 6.45) is 8.18. The van der Waals surface area contributed by atoms with E-state index in [0.29, 0.717) is 25.6 Å². The van der Waals surface area contributed by atoms with Gasteiger partial charge in [-0.2, -0.15) is 0 Å². The van der Waals surface area contributed by atoms with E-state index in [9.17, 15) is 13.2 Å². The van der Waals surface area contributed by atoms with E-state index < -0.39 is 10.0 Å². The Morgan fingerprint density at radius 1 is 1.15 bits per heavy atom. The molecule has 1 saturated carbocycles. The van der Waals surface area contributed by atoms with E-state index in [2.05, 4.69) is 10.0 Å². The van der Waals surface area contributed by atoms with Crippen LogP contribution in [0.25, 0.3) is 0 Å². The van der Waals surface area contributed by atoms with Crippen LogP contribution in [-0.2, 0) is 21.2 Å². The van der Waals surface area contributed by atoms with Gasteiger partial charge >= 0.3 is 0 Å². The van der Waals surface area contributed by atoms with Gasteiger partial charge in [0.1, 0.15) is 0 Å². The minimum Gasteiger partial charge on any atom is -0.313 e. The highest BCUT2D eigenvalue weighted by atomic mass is 32.2. The quantitative estimate of drug-likeness (QED) is 0.575. The minimum atomic E-state index is -3.54. The van der Waals surface area contributed by atoms with Gasteiger partial charge in [-0.3, -0.25) is 4.79 Å². The van der Waals surface area contributed by atoms with Crippen LogP contribution >= 0.6 is 0 Å². The summed E-state index contributed by atoms with van der Waals surface area (Å²) in [5.41, 5.74) is 1.74. The van der Waals surface area contributed by atoms with Crippen molar-refractivity contribution >= 4 is 21.6 Å². The second kappa shape index (κ2) is 8.71. The fraction of sp³-hybridized carbons (Fsp3) is 0.650. The third kappa shape index (κ3) is 4.89. The second-order valence-electron chi connectivity index (χ2n) is 7.77. The molecule has 0 spiro atoms. The molecule has 1 amide bonds. The van der Waals surface area contributed by atoms with E-state index in [0.717, 1.165) is 11.3 Å². The Labute approximate surface area is 162 Å². The predicted octanol–water partition coefficient (Wildman–Crippen LogP) is 2.57. The first-order valence-corrected chi connectivity index (χ1v) is 11.5. The van der Waals surface area contributed by atoms with Gasteiger partial charge in [0.2, 0.25) is 15.9 Å². The largest absolute Gasteiger partial charge is 0.313 e. The first-order chi connectivity index (χ1) is 12.9. The fourth-order valence-electron chi connectivity index (χ4n) is 4.28. The minimum absolute atomic E-state index is 0.0143. The molecule has 27 heavy (non-hydrogen) atoms. The van der Waals surface area contributed by atoms with E-state index in [4.69, 9.17) is 0 Å². The maximum absolute atomic E-state index is 12.6. The lowest BCUT2D eigenvalue weighted by atomic mass is 10.1. The Morgan fingerprint density at radius 2 is 1.85 bits per heavy atom. The van der Waals surface area contributed by atoms with Crippen molar-refractivity contribution in [2.24, 2.45) is 0 Å². The molecule has 0 radical (unpaired) electrons. The summed E-state index contributed by atoms with van der Waals surface area (Å²) in [6, 6.07) is 5.62. The van der Waals surface area contributed by atoms with Crippen LogP contribution in [0.4, 0.5) is 5.69 Å². The number of sulfonamides is 1. The summed E-state index contributed by atoms with van der Waals surface area (Å²) in [7, 11) is -3.54. The topological polar surface area (TPSA) is 78.5 Å². The summed E-state index contributed by atoms with van der Waals surface area (Å²) < 4.78 is 27.9. The van der Waals surface area contributed by atoms with Gasteiger partial charge < -0.3 is 10.2 Å². The molecule has 1 aromatic rings. The molecule has 1 fully saturated rings. The number of carbonyl (C=O) groups excluding carboxylic acids is 1. The second-order valence-corrected chi connectivity index (χ2v) is 9.54. The molecule has 1 atom stereocenters. The smallest absolute Gasteiger partial charge is 0.240 e. The van der Waals surface area contributed by atoms with Crippen molar-refractivity contribution in [2.75, 3.05) is 18.0 Å². The Hall–Kier alpha value is -1.44. The maximum atomic E-state index is 12.6. The van der Waals surface area contributed by atoms with E-state index in [1.54, 1.807) is 30.0 Å². The number of rotatable bonds is 6. The zero-order valence-electron chi connectivity index (χ0n) is 16.3. The molecule has 0 aromatic heterocycles. The molecule has 0 saturated heterocycles. The van der Waals surface area contributed by atoms with Crippen LogP contribution in [0, 0.1) is 0 Å². The standard InChI is InChI=1S/C20H31N3O3S/c1-15-13-17-14-19(9-10-20(17)23(15)16(2)24)27(25,26)22-12-11-21-18-7-5-3-4-6-8-18/h9-10,14-15,18,21-22H,3-8,11-13H2,1-2H3. The summed E-state index contributed by atoms with van der Waals surface area (Å²) in [5.74, 6) is -0.0143. The molecule has 1 aliphatic carbocycles. The van der Waals surface area contributed by atoms with Gasteiger partial charge in [0, 0.05) is 37.8 Å². The summed E-state index contributed by atoms with van der Waals surface area (Å²) in [4.78, 5) is 13.8. The number of nitrogens with one attached hydrogen (secondary N) is 2. The zero-order valence-corrected chi connectivity index (χ0v) is 17.1. The molecule has 1 aliphatic heterocycles. The third-order valence-corrected chi connectivity index (χ3v) is 7.08. The van der Waals surface area contributed by atoms with Gasteiger partial charge in [-0.05, 0) is 49.9 Å². The van der Waals surface area contributed by atoms with Gasteiger partial charge in [0.15, 0.2) is 0 Å². The summed E-state index contributed by atoms with van der Waals surface area (Å²) >= 11 is 0. The molecule has 1 unspecified atom stereocenters. The van der Waals surface area contributed by atoms with Crippen molar-refractivity contribution in [3.8, 4) is 0 Å². The van der Waals surface area contributed by atoms with Crippen molar-refractivity contribution < 1.29 is 13.2 Å². The van der Waals surface area contributed by atoms with Crippen LogP contribution in [0.15, 0.2) is 23.1 Å². The molecule has 1 aromatic carbocycles. The highest BCUT2D eigenvalue weighted by molar-refractivity contribution is 7.89. The Bertz CT molecular complexity index is 771. The molecule has 2 N–H and O–H groups in total. The van der Waals surface area contributed by atoms with Gasteiger partial charge in [-0.1, -0.05) is 25.7 Å². The third-order valence-electron chi connectivity index (χ3n) is 5.62. The number of fused-ring (bicyclic) bond motifs is 1. The number of hydrogen-bond acceptors (Lipinski definition) is 4. The molecule has 7 heteroatoms. The van der Waals surface area contributed by atoms with Crippen molar-refractivity contribution in [3.05, 3.63) is 23.8 Å². The van der Waals surface area contributed by atoms with Crippen LogP contribution in [0.2, 0.25) is 0 Å². The summed E-state index contributed by atoms with van der Waals surface area (Å²) in [6.45, 7) is 4.54. The SMILES string of the molecule is CC(=O)N1c2ccc(S(=O)(=O)NCCNC3CCCCCC3)cc2CC1C. The van der Waals surface area contributed by atoms with Crippen LogP contribution < -0.4 is 14.9 Å². The lowest BCUT2D eigenvalue weighted by Gasteiger charge is -2.20. The van der Waals surface area contributed by atoms with Crippen molar-refractivity contribution in [3.63, 3.8) is 0 Å². The number of nitrogens with zero attached hydrogens (tertiary/aromatic N) is 1. The Balaban J connectivity index is 1.57. The van der Waals surface area contributed by atoms with Gasteiger partial charge in [-0.15, -0.1) is 0 Å². The van der Waals surface area contributed by atoms with Crippen LogP contribution in [0.5, 0.6) is 0 Å². The van der Waals surface area contributed by atoms with Gasteiger partial charge in [-0.25, -0.2) is 13.1 Å². The maximum Gasteiger partial charge on any atom is 0.240 e. The average molecular weight is 394 g/mol. The molecule has 0 bridgehead atoms. The van der Waals surface area contributed by atoms with Crippen molar-refractivity contribution in [1.82, 2.24) is 10.0 Å². The first-order valence-electron chi connectivity index (χ1n) is 10.0. The van der Waals surface area contributed by atoms with E-state index in [1.165, 1.54) is 38.5 Å². The first kappa shape index (κ1) is 20.3. The monoisotopic (exact) mass is 393 g/mol. The van der Waals surface area contributed by atoms with E-state index in [1.807, 2.05) is 6.92 Å². The normalized spacial score (nSPS) is 21.1. The van der Waals surface area contributed by atoms with Crippen molar-refractivity contribution in [1.29, 1.82) is 0 Å². The zero-order chi connectivity index (χ0) is 19.4. The van der Waals surface area contributed by atoms with Crippen LogP contribution in [0.1, 0.15) is 57.9 Å². The number of anilines is 1. The summed E-state index contributed by atoms with van der Waals surface area (Å²) in [5, 5.41) is 3.48. The van der Waals surface area contributed by atoms with E-state index in [-0.39, 0.29) is 16.8 Å². The molecule has 3 rings (SSSR count). The lowest BCUT2D eigenvalue weighted by molar-refractivity contribution is -0.116. The van der Waals surface area contributed by atoms with E-state index >= 15 is 0 Å². The van der Waals surface area contributed by atoms with Crippen molar-refractivity contribution in [2.45, 2.75) is 75.8 Å². The molecular formula is C20H31N3O3S. The highest BCUT2D eigenvalue weighted by Gasteiger charge is 2.30. The van der Waals surface area contributed by atoms with Gasteiger partial charge in [0.05, 0.1) is 4.90 Å². The molecule has 1 heterocycles. The Kier molecular flexibility index (Phi) is 6.55. The number of carbonyl (C=O) groups is 1. The molecule has 6 nitrogen and oxygen atoms in total. The van der Waals surface area contributed by atoms with Crippen LogP contribution in [0.3, 0.4) is 0 Å². The molecule has 150 valence electrons. The average Bonchev–Trinajstić information content (AvgIpc) is 2.77. The highest BCUT2D eigenvalue weighted by Crippen LogP contribution is 2.33. The number of amides is 1. The van der Waals surface area contributed by atoms with Crippen LogP contribution in [-0.4, -0.2) is 39.5 Å². The number of benzene rings is 1. The Morgan fingerprint density at radius 3 is 2.52 bits per heavy atom. The lowest BCUT2D eigenvalue weighted by Crippen LogP contribution is -2.36. The molecule has 2 aliphatic rings. The molecular weight excluding hydrogens is 362 g/mol. The predicted molar refractivity (Wildman–Crippen MR) is 107 cm³/mol. The number of hydrogen-bond donors (Lipinski definition) is 2. The van der Waals surface area contributed by atoms with Gasteiger partial charge in [0.25, 0.3) is 0 Å². The fourth-order valence-corrected chi connectivity index (χ4v) is 5.37.